The molecule has 0 aliphatic carbocycles. The molecule has 0 aliphatic rings. The Morgan fingerprint density at radius 1 is 0.500 bits per heavy atom. The van der Waals surface area contributed by atoms with Crippen molar-refractivity contribution < 1.29 is 57.4 Å². The highest BCUT2D eigenvalue weighted by atomic mass is 31.2. The molecule has 0 atom stereocenters. The van der Waals surface area contributed by atoms with Gasteiger partial charge in [-0.15, -0.1) is 0 Å². The van der Waals surface area contributed by atoms with Gasteiger partial charge >= 0.3 is 30.4 Å². The zero-order valence-corrected chi connectivity index (χ0v) is 18.3. The molecule has 0 fully saturated rings. The summed E-state index contributed by atoms with van der Waals surface area (Å²) in [6, 6.07) is 0. The molecule has 15 nitrogen and oxygen atoms in total. The molecule has 0 unspecified atom stereocenters. The standard InChI is InChI=1S/C9H26N3O12P4/c1-10(2-4-11(6-25(13,14)15)7-26(16,17)18)3-5-12(8-27(19,20)21)9-28(22,23)24/h1-9H2,(H2,13,14,15)(H2,16,17,18)(H2,19,20,21)(H2,22,23,24). The lowest BCUT2D eigenvalue weighted by Crippen LogP contribution is -2.38. The second-order valence-electron chi connectivity index (χ2n) is 6.13. The first-order valence-corrected chi connectivity index (χ1v) is 14.6. The van der Waals surface area contributed by atoms with Gasteiger partial charge in [-0.3, -0.25) is 33.0 Å². The summed E-state index contributed by atoms with van der Waals surface area (Å²) in [5.41, 5.74) is 0. The molecule has 0 saturated carbocycles. The van der Waals surface area contributed by atoms with E-state index in [-0.39, 0.29) is 26.2 Å². The molecule has 28 heavy (non-hydrogen) atoms. The normalized spacial score (nSPS) is 14.4. The largest absolute Gasteiger partial charge is 0.339 e. The van der Waals surface area contributed by atoms with Crippen LogP contribution in [-0.2, 0) is 18.3 Å². The first-order valence-electron chi connectivity index (χ1n) is 7.44. The van der Waals surface area contributed by atoms with Gasteiger partial charge in [-0.25, -0.2) is 0 Å². The molecule has 0 aromatic carbocycles. The highest BCUT2D eigenvalue weighted by molar-refractivity contribution is 7.53. The van der Waals surface area contributed by atoms with Crippen LogP contribution < -0.4 is 0 Å². The van der Waals surface area contributed by atoms with Gasteiger partial charge in [0.1, 0.15) is 25.1 Å². The molecule has 0 aliphatic heterocycles. The van der Waals surface area contributed by atoms with Gasteiger partial charge < -0.3 is 39.1 Å². The molecule has 0 rings (SSSR count). The molecule has 1 radical (unpaired) electrons. The molecule has 0 bridgehead atoms. The molecule has 8 N–H and O–H groups in total. The van der Waals surface area contributed by atoms with Gasteiger partial charge in [-0.1, -0.05) is 0 Å². The van der Waals surface area contributed by atoms with E-state index in [2.05, 4.69) is 7.05 Å². The summed E-state index contributed by atoms with van der Waals surface area (Å²) in [6.07, 6.45) is -3.58. The van der Waals surface area contributed by atoms with Crippen molar-refractivity contribution >= 4 is 30.4 Å². The zero-order valence-electron chi connectivity index (χ0n) is 14.7. The van der Waals surface area contributed by atoms with Crippen molar-refractivity contribution in [3.05, 3.63) is 7.05 Å². The maximum absolute atomic E-state index is 11.1. The van der Waals surface area contributed by atoms with Crippen LogP contribution in [0.3, 0.4) is 0 Å². The van der Waals surface area contributed by atoms with E-state index < -0.39 is 55.5 Å². The Morgan fingerprint density at radius 2 is 0.714 bits per heavy atom. The third-order valence-electron chi connectivity index (χ3n) is 3.00. The van der Waals surface area contributed by atoms with E-state index in [9.17, 15) is 18.3 Å². The smallest absolute Gasteiger partial charge is 0.324 e. The highest BCUT2D eigenvalue weighted by Crippen LogP contribution is 2.41. The number of nitrogens with zero attached hydrogens (tertiary/aromatic N) is 3. The van der Waals surface area contributed by atoms with E-state index in [0.717, 1.165) is 9.80 Å². The number of rotatable bonds is 14. The second-order valence-corrected chi connectivity index (χ2v) is 12.6. The lowest BCUT2D eigenvalue weighted by Gasteiger charge is -2.28. The Hall–Kier alpha value is 0.480. The van der Waals surface area contributed by atoms with Crippen LogP contribution in [0.2, 0.25) is 0 Å². The van der Waals surface area contributed by atoms with Crippen molar-refractivity contribution in [3.63, 3.8) is 0 Å². The Balaban J connectivity index is 4.78. The van der Waals surface area contributed by atoms with Gasteiger partial charge in [0.05, 0.1) is 0 Å². The average molecular weight is 492 g/mol. The molecule has 169 valence electrons. The molecule has 0 heterocycles. The van der Waals surface area contributed by atoms with Gasteiger partial charge in [0.25, 0.3) is 0 Å². The Kier molecular flexibility index (Phi) is 11.4. The minimum Gasteiger partial charge on any atom is -0.324 e. The average Bonchev–Trinajstić information content (AvgIpc) is 2.35. The van der Waals surface area contributed by atoms with Gasteiger partial charge in [-0.05, 0) is 0 Å². The van der Waals surface area contributed by atoms with Crippen molar-refractivity contribution in [2.24, 2.45) is 0 Å². The maximum Gasteiger partial charge on any atom is 0.339 e. The van der Waals surface area contributed by atoms with Crippen LogP contribution in [0.25, 0.3) is 0 Å². The second kappa shape index (κ2) is 11.2. The third kappa shape index (κ3) is 18.5. The van der Waals surface area contributed by atoms with Crippen LogP contribution in [0.4, 0.5) is 0 Å². The monoisotopic (exact) mass is 492 g/mol. The SMILES string of the molecule is [CH2]N(CCN(CP(=O)(O)O)CP(=O)(O)O)CCN(CP(=O)(O)O)CP(=O)(O)O. The zero-order chi connectivity index (χ0) is 22.4. The van der Waals surface area contributed by atoms with E-state index >= 15 is 0 Å². The van der Waals surface area contributed by atoms with Crippen LogP contribution in [0.1, 0.15) is 0 Å². The van der Waals surface area contributed by atoms with Crippen LogP contribution >= 0.6 is 30.4 Å². The van der Waals surface area contributed by atoms with E-state index in [1.54, 1.807) is 0 Å². The first kappa shape index (κ1) is 28.5. The minimum absolute atomic E-state index is 0.0420. The van der Waals surface area contributed by atoms with Crippen LogP contribution in [0.5, 0.6) is 0 Å². The summed E-state index contributed by atoms with van der Waals surface area (Å²) in [4.78, 5) is 74.8. The first-order chi connectivity index (χ1) is 12.3. The summed E-state index contributed by atoms with van der Waals surface area (Å²) in [6.45, 7) is -0.479. The predicted octanol–water partition coefficient (Wildman–Crippen LogP) is -1.78. The topological polar surface area (TPSA) is 240 Å². The molecular formula is C9H26N3O12P4. The van der Waals surface area contributed by atoms with Gasteiger partial charge in [-0.2, -0.15) is 0 Å². The maximum atomic E-state index is 11.1. The van der Waals surface area contributed by atoms with Gasteiger partial charge in [0.15, 0.2) is 0 Å². The number of hydrogen-bond donors (Lipinski definition) is 8. The molecule has 0 spiro atoms. The lowest BCUT2D eigenvalue weighted by molar-refractivity contribution is 0.224. The van der Waals surface area contributed by atoms with E-state index in [1.165, 1.54) is 4.90 Å². The van der Waals surface area contributed by atoms with E-state index in [1.807, 2.05) is 0 Å². The van der Waals surface area contributed by atoms with Crippen LogP contribution in [-0.4, -0.2) is 105 Å². The van der Waals surface area contributed by atoms with Gasteiger partial charge in [0.2, 0.25) is 0 Å². The fourth-order valence-electron chi connectivity index (χ4n) is 2.09. The predicted molar refractivity (Wildman–Crippen MR) is 98.0 cm³/mol. The summed E-state index contributed by atoms with van der Waals surface area (Å²) in [5.74, 6) is 0. The van der Waals surface area contributed by atoms with Crippen LogP contribution in [0.15, 0.2) is 0 Å². The summed E-state index contributed by atoms with van der Waals surface area (Å²) in [5, 5.41) is 0. The Morgan fingerprint density at radius 3 is 0.893 bits per heavy atom. The molecule has 19 heteroatoms. The van der Waals surface area contributed by atoms with Gasteiger partial charge in [0, 0.05) is 33.2 Å². The lowest BCUT2D eigenvalue weighted by atomic mass is 10.4. The van der Waals surface area contributed by atoms with Crippen molar-refractivity contribution in [1.82, 2.24) is 14.7 Å². The quantitative estimate of drug-likeness (QED) is 0.125. The number of hydrogen-bond acceptors (Lipinski definition) is 7. The molecule has 0 amide bonds. The fourth-order valence-corrected chi connectivity index (χ4v) is 5.46. The molecular weight excluding hydrogens is 466 g/mol. The molecule has 0 aromatic rings. The van der Waals surface area contributed by atoms with Crippen molar-refractivity contribution in [3.8, 4) is 0 Å². The third-order valence-corrected chi connectivity index (χ3v) is 6.08. The van der Waals surface area contributed by atoms with E-state index in [0.29, 0.717) is 0 Å². The molecule has 0 saturated heterocycles. The minimum atomic E-state index is -4.58. The van der Waals surface area contributed by atoms with Crippen molar-refractivity contribution in [1.29, 1.82) is 0 Å². The van der Waals surface area contributed by atoms with E-state index in [4.69, 9.17) is 39.1 Å². The van der Waals surface area contributed by atoms with Crippen LogP contribution in [0, 0.1) is 7.05 Å². The summed E-state index contributed by atoms with van der Waals surface area (Å²) < 4.78 is 44.3. The Labute approximate surface area is 161 Å². The fraction of sp³-hybridized carbons (Fsp3) is 0.889. The highest BCUT2D eigenvalue weighted by Gasteiger charge is 2.27. The summed E-state index contributed by atoms with van der Waals surface area (Å²) >= 11 is 0. The van der Waals surface area contributed by atoms with Crippen molar-refractivity contribution in [2.75, 3.05) is 51.3 Å². The molecule has 0 aromatic heterocycles. The Bertz CT molecular complexity index is 563. The van der Waals surface area contributed by atoms with Crippen molar-refractivity contribution in [2.45, 2.75) is 0 Å². The summed E-state index contributed by atoms with van der Waals surface area (Å²) in [7, 11) is -14.8.